The Morgan fingerprint density at radius 1 is 0.696 bits per heavy atom. The maximum atomic E-state index is 11.8. The lowest BCUT2D eigenvalue weighted by atomic mass is 10.4. The highest BCUT2D eigenvalue weighted by atomic mass is 32.3. The van der Waals surface area contributed by atoms with Gasteiger partial charge in [0.2, 0.25) is 0 Å². The van der Waals surface area contributed by atoms with E-state index in [0.717, 1.165) is 0 Å². The molecule has 0 N–H and O–H groups in total. The summed E-state index contributed by atoms with van der Waals surface area (Å²) in [5.41, 5.74) is 0. The second-order valence-corrected chi connectivity index (χ2v) is 9.09. The molecule has 23 heavy (non-hydrogen) atoms. The van der Waals surface area contributed by atoms with Crippen molar-refractivity contribution in [2.75, 3.05) is 77.2 Å². The molecule has 11 heteroatoms. The second-order valence-electron chi connectivity index (χ2n) is 5.50. The minimum absolute atomic E-state index is 0.241. The van der Waals surface area contributed by atoms with Gasteiger partial charge in [-0.15, -0.1) is 3.63 Å². The van der Waals surface area contributed by atoms with Crippen LogP contribution in [0.3, 0.4) is 0 Å². The molecule has 2 fully saturated rings. The lowest BCUT2D eigenvalue weighted by molar-refractivity contribution is 0.0405. The molecular weight excluding hydrogens is 348 g/mol. The zero-order valence-electron chi connectivity index (χ0n) is 13.1. The van der Waals surface area contributed by atoms with Gasteiger partial charge in [-0.25, -0.2) is 0 Å². The predicted molar refractivity (Wildman–Crippen MR) is 83.2 cm³/mol. The van der Waals surface area contributed by atoms with E-state index in [0.29, 0.717) is 52.6 Å². The Kier molecular flexibility index (Phi) is 7.19. The number of hydrogen-bond acceptors (Lipinski definition) is 9. The molecule has 0 aliphatic carbocycles. The van der Waals surface area contributed by atoms with E-state index in [9.17, 15) is 16.8 Å². The summed E-state index contributed by atoms with van der Waals surface area (Å²) >= 11 is 0. The minimum atomic E-state index is -4.11. The van der Waals surface area contributed by atoms with E-state index in [4.69, 9.17) is 9.47 Å². The molecule has 0 spiro atoms. The van der Waals surface area contributed by atoms with Crippen LogP contribution in [0.2, 0.25) is 0 Å². The standard InChI is InChI=1S/C12H24N2O7S2/c15-22(16,11-5-13-1-7-19-8-2-13)21-23(17,18)12-6-14-3-9-20-10-4-14/h1-12H2. The molecule has 0 atom stereocenters. The van der Waals surface area contributed by atoms with E-state index in [1.165, 1.54) is 0 Å². The fourth-order valence-corrected chi connectivity index (χ4v) is 5.13. The van der Waals surface area contributed by atoms with Crippen molar-refractivity contribution in [3.05, 3.63) is 0 Å². The fourth-order valence-electron chi connectivity index (χ4n) is 2.36. The van der Waals surface area contributed by atoms with Crippen LogP contribution in [-0.4, -0.2) is 104 Å². The van der Waals surface area contributed by atoms with Gasteiger partial charge in [-0.2, -0.15) is 16.8 Å². The third kappa shape index (κ3) is 7.42. The largest absolute Gasteiger partial charge is 0.379 e. The molecule has 136 valence electrons. The topological polar surface area (TPSA) is 102 Å². The summed E-state index contributed by atoms with van der Waals surface area (Å²) in [4.78, 5) is 3.82. The first-order valence-electron chi connectivity index (χ1n) is 7.63. The zero-order chi connectivity index (χ0) is 16.8. The molecule has 2 heterocycles. The van der Waals surface area contributed by atoms with Crippen LogP contribution in [0.1, 0.15) is 0 Å². The molecule has 0 radical (unpaired) electrons. The van der Waals surface area contributed by atoms with Gasteiger partial charge in [0.1, 0.15) is 0 Å². The highest BCUT2D eigenvalue weighted by Gasteiger charge is 2.25. The molecule has 0 aromatic heterocycles. The van der Waals surface area contributed by atoms with E-state index < -0.39 is 20.2 Å². The van der Waals surface area contributed by atoms with Gasteiger partial charge in [0.05, 0.1) is 37.9 Å². The number of hydrogen-bond donors (Lipinski definition) is 0. The summed E-state index contributed by atoms with van der Waals surface area (Å²) in [6, 6.07) is 0. The van der Waals surface area contributed by atoms with E-state index in [2.05, 4.69) is 3.63 Å². The van der Waals surface area contributed by atoms with E-state index in [1.54, 1.807) is 0 Å². The molecule has 0 aromatic rings. The van der Waals surface area contributed by atoms with Crippen molar-refractivity contribution < 1.29 is 29.9 Å². The Balaban J connectivity index is 1.75. The molecule has 2 aliphatic rings. The molecule has 9 nitrogen and oxygen atoms in total. The Hall–Kier alpha value is -0.300. The first-order valence-corrected chi connectivity index (χ1v) is 10.8. The van der Waals surface area contributed by atoms with Gasteiger partial charge in [0.15, 0.2) is 0 Å². The van der Waals surface area contributed by atoms with Crippen LogP contribution in [0, 0.1) is 0 Å². The summed E-state index contributed by atoms with van der Waals surface area (Å²) in [7, 11) is -8.21. The molecule has 2 aliphatic heterocycles. The average molecular weight is 372 g/mol. The van der Waals surface area contributed by atoms with Gasteiger partial charge in [0.25, 0.3) is 20.2 Å². The summed E-state index contributed by atoms with van der Waals surface area (Å²) in [5, 5.41) is 0. The molecule has 0 unspecified atom stereocenters. The maximum Gasteiger partial charge on any atom is 0.283 e. The normalized spacial score (nSPS) is 22.3. The van der Waals surface area contributed by atoms with Gasteiger partial charge in [-0.1, -0.05) is 0 Å². The molecule has 0 aromatic carbocycles. The van der Waals surface area contributed by atoms with Crippen LogP contribution in [0.15, 0.2) is 0 Å². The summed E-state index contributed by atoms with van der Waals surface area (Å²) in [6.45, 7) is 5.25. The number of nitrogens with zero attached hydrogens (tertiary/aromatic N) is 2. The number of morpholine rings is 2. The van der Waals surface area contributed by atoms with E-state index >= 15 is 0 Å². The first-order chi connectivity index (χ1) is 10.9. The van der Waals surface area contributed by atoms with Crippen molar-refractivity contribution >= 4 is 20.2 Å². The number of rotatable bonds is 8. The van der Waals surface area contributed by atoms with Crippen molar-refractivity contribution in [1.82, 2.24) is 9.80 Å². The lowest BCUT2D eigenvalue weighted by Gasteiger charge is -2.26. The smallest absolute Gasteiger partial charge is 0.283 e. The molecule has 0 bridgehead atoms. The summed E-state index contributed by atoms with van der Waals surface area (Å²) < 4.78 is 62.2. The third-order valence-corrected chi connectivity index (χ3v) is 6.75. The van der Waals surface area contributed by atoms with Crippen LogP contribution in [0.25, 0.3) is 0 Å². The lowest BCUT2D eigenvalue weighted by Crippen LogP contribution is -2.40. The molecule has 2 saturated heterocycles. The highest BCUT2D eigenvalue weighted by molar-refractivity contribution is 7.99. The highest BCUT2D eigenvalue weighted by Crippen LogP contribution is 2.06. The maximum absolute atomic E-state index is 11.8. The zero-order valence-corrected chi connectivity index (χ0v) is 14.7. The van der Waals surface area contributed by atoms with Gasteiger partial charge in [0, 0.05) is 39.3 Å². The number of ether oxygens (including phenoxy) is 2. The third-order valence-electron chi connectivity index (χ3n) is 3.73. The van der Waals surface area contributed by atoms with Crippen molar-refractivity contribution in [2.45, 2.75) is 0 Å². The van der Waals surface area contributed by atoms with Crippen molar-refractivity contribution in [1.29, 1.82) is 0 Å². The van der Waals surface area contributed by atoms with E-state index in [1.807, 2.05) is 9.80 Å². The van der Waals surface area contributed by atoms with Crippen LogP contribution >= 0.6 is 0 Å². The van der Waals surface area contributed by atoms with Crippen LogP contribution < -0.4 is 0 Å². The average Bonchev–Trinajstić information content (AvgIpc) is 2.52. The first kappa shape index (κ1) is 19.0. The Morgan fingerprint density at radius 2 is 1.04 bits per heavy atom. The molecule has 0 saturated carbocycles. The van der Waals surface area contributed by atoms with E-state index in [-0.39, 0.29) is 24.6 Å². The van der Waals surface area contributed by atoms with Crippen molar-refractivity contribution in [2.24, 2.45) is 0 Å². The predicted octanol–water partition coefficient (Wildman–Crippen LogP) is -1.67. The Labute approximate surface area is 137 Å². The van der Waals surface area contributed by atoms with Crippen molar-refractivity contribution in [3.63, 3.8) is 0 Å². The minimum Gasteiger partial charge on any atom is -0.379 e. The van der Waals surface area contributed by atoms with Gasteiger partial charge >= 0.3 is 0 Å². The van der Waals surface area contributed by atoms with Crippen LogP contribution in [0.4, 0.5) is 0 Å². The fraction of sp³-hybridized carbons (Fsp3) is 1.00. The molecule has 2 rings (SSSR count). The van der Waals surface area contributed by atoms with Gasteiger partial charge in [-0.3, -0.25) is 9.80 Å². The van der Waals surface area contributed by atoms with Crippen LogP contribution in [0.5, 0.6) is 0 Å². The molecular formula is C12H24N2O7S2. The Bertz CT molecular complexity index is 502. The molecule has 0 amide bonds. The summed E-state index contributed by atoms with van der Waals surface area (Å²) in [5.74, 6) is -0.687. The summed E-state index contributed by atoms with van der Waals surface area (Å²) in [6.07, 6.45) is 0. The van der Waals surface area contributed by atoms with Gasteiger partial charge < -0.3 is 9.47 Å². The quantitative estimate of drug-likeness (QED) is 0.494. The van der Waals surface area contributed by atoms with Gasteiger partial charge in [-0.05, 0) is 0 Å². The Morgan fingerprint density at radius 3 is 1.39 bits per heavy atom. The van der Waals surface area contributed by atoms with Crippen molar-refractivity contribution in [3.8, 4) is 0 Å². The SMILES string of the molecule is O=S(=O)(CCN1CCOCC1)OS(=O)(=O)CCN1CCOCC1. The monoisotopic (exact) mass is 372 g/mol. The second kappa shape index (κ2) is 8.70. The van der Waals surface area contributed by atoms with Crippen LogP contribution in [-0.2, 0) is 33.3 Å².